The van der Waals surface area contributed by atoms with Crippen LogP contribution in [-0.4, -0.2) is 11.5 Å². The van der Waals surface area contributed by atoms with Gasteiger partial charge in [-0.3, -0.25) is 4.79 Å². The molecule has 3 atom stereocenters. The molecule has 2 aliphatic carbocycles. The number of hydrogen-bond donors (Lipinski definition) is 1. The maximum Gasteiger partial charge on any atom is 0.140 e. The maximum atomic E-state index is 11.9. The van der Waals surface area contributed by atoms with Crippen LogP contribution in [0, 0.1) is 23.2 Å². The molecule has 0 saturated heterocycles. The molecule has 1 nitrogen and oxygen atoms in total. The van der Waals surface area contributed by atoms with Crippen molar-refractivity contribution < 1.29 is 4.79 Å². The highest BCUT2D eigenvalue weighted by molar-refractivity contribution is 7.80. The van der Waals surface area contributed by atoms with Crippen molar-refractivity contribution in [1.82, 2.24) is 0 Å². The molecule has 2 heteroatoms. The Bertz CT molecular complexity index is 236. The molecule has 2 saturated carbocycles. The van der Waals surface area contributed by atoms with Gasteiger partial charge in [-0.25, -0.2) is 0 Å². The third-order valence-electron chi connectivity index (χ3n) is 4.11. The van der Waals surface area contributed by atoms with Crippen LogP contribution in [-0.2, 0) is 4.79 Å². The maximum absolute atomic E-state index is 11.9. The number of fused-ring (bicyclic) bond motifs is 2. The predicted octanol–water partition coefficient (Wildman–Crippen LogP) is 2.56. The standard InChI is InChI=1S/C11H18OS/c1-7(2)10-8-3-4-11(10,6-13)9(12)5-8/h7-8,10,13H,3-6H2,1-2H3. The molecule has 0 N–H and O–H groups in total. The molecule has 0 spiro atoms. The molecule has 3 unspecified atom stereocenters. The molecule has 0 aromatic rings. The van der Waals surface area contributed by atoms with Crippen molar-refractivity contribution in [2.45, 2.75) is 33.1 Å². The van der Waals surface area contributed by atoms with Crippen LogP contribution in [0.15, 0.2) is 0 Å². The zero-order chi connectivity index (χ0) is 9.64. The Balaban J connectivity index is 2.33. The van der Waals surface area contributed by atoms with Crippen molar-refractivity contribution in [2.75, 3.05) is 5.75 Å². The Morgan fingerprint density at radius 2 is 2.31 bits per heavy atom. The molecule has 2 bridgehead atoms. The van der Waals surface area contributed by atoms with E-state index >= 15 is 0 Å². The number of ketones is 1. The van der Waals surface area contributed by atoms with Crippen LogP contribution in [0.2, 0.25) is 0 Å². The van der Waals surface area contributed by atoms with Crippen LogP contribution in [0.4, 0.5) is 0 Å². The summed E-state index contributed by atoms with van der Waals surface area (Å²) in [5.41, 5.74) is -0.0258. The molecule has 0 aromatic carbocycles. The van der Waals surface area contributed by atoms with Crippen molar-refractivity contribution in [2.24, 2.45) is 23.2 Å². The number of thiol groups is 1. The van der Waals surface area contributed by atoms with Crippen molar-refractivity contribution >= 4 is 18.4 Å². The van der Waals surface area contributed by atoms with Gasteiger partial charge in [0.05, 0.1) is 0 Å². The third kappa shape index (κ3) is 1.11. The van der Waals surface area contributed by atoms with E-state index in [1.54, 1.807) is 0 Å². The number of hydrogen-bond acceptors (Lipinski definition) is 2. The molecular weight excluding hydrogens is 180 g/mol. The van der Waals surface area contributed by atoms with Crippen LogP contribution in [0.5, 0.6) is 0 Å². The zero-order valence-electron chi connectivity index (χ0n) is 8.42. The van der Waals surface area contributed by atoms with E-state index in [4.69, 9.17) is 0 Å². The molecular formula is C11H18OS. The van der Waals surface area contributed by atoms with E-state index in [2.05, 4.69) is 26.5 Å². The summed E-state index contributed by atoms with van der Waals surface area (Å²) in [6, 6.07) is 0. The van der Waals surface area contributed by atoms with Crippen molar-refractivity contribution in [3.05, 3.63) is 0 Å². The SMILES string of the molecule is CC(C)C1C2CCC1(CS)C(=O)C2. The first-order chi connectivity index (χ1) is 6.12. The summed E-state index contributed by atoms with van der Waals surface area (Å²) in [6.07, 6.45) is 3.20. The Hall–Kier alpha value is 0.0200. The van der Waals surface area contributed by atoms with Gasteiger partial charge in [0.25, 0.3) is 0 Å². The minimum atomic E-state index is -0.0258. The summed E-state index contributed by atoms with van der Waals surface area (Å²) >= 11 is 4.40. The number of rotatable bonds is 2. The van der Waals surface area contributed by atoms with Crippen LogP contribution in [0.3, 0.4) is 0 Å². The van der Waals surface area contributed by atoms with Gasteiger partial charge in [0.2, 0.25) is 0 Å². The van der Waals surface area contributed by atoms with Crippen molar-refractivity contribution in [1.29, 1.82) is 0 Å². The second-order valence-corrected chi connectivity index (χ2v) is 5.33. The topological polar surface area (TPSA) is 17.1 Å². The quantitative estimate of drug-likeness (QED) is 0.675. The van der Waals surface area contributed by atoms with Crippen molar-refractivity contribution in [3.8, 4) is 0 Å². The lowest BCUT2D eigenvalue weighted by Gasteiger charge is -2.30. The Morgan fingerprint density at radius 3 is 2.69 bits per heavy atom. The van der Waals surface area contributed by atoms with Gasteiger partial charge in [0, 0.05) is 17.6 Å². The molecule has 0 aliphatic heterocycles. The first-order valence-corrected chi connectivity index (χ1v) is 5.89. The first-order valence-electron chi connectivity index (χ1n) is 5.26. The molecule has 2 aliphatic rings. The van der Waals surface area contributed by atoms with E-state index < -0.39 is 0 Å². The molecule has 0 heterocycles. The van der Waals surface area contributed by atoms with Gasteiger partial charge < -0.3 is 0 Å². The van der Waals surface area contributed by atoms with E-state index in [9.17, 15) is 4.79 Å². The van der Waals surface area contributed by atoms with Gasteiger partial charge in [-0.2, -0.15) is 12.6 Å². The zero-order valence-corrected chi connectivity index (χ0v) is 9.31. The van der Waals surface area contributed by atoms with Gasteiger partial charge in [-0.1, -0.05) is 13.8 Å². The van der Waals surface area contributed by atoms with Crippen LogP contribution >= 0.6 is 12.6 Å². The largest absolute Gasteiger partial charge is 0.299 e. The Morgan fingerprint density at radius 1 is 1.62 bits per heavy atom. The minimum absolute atomic E-state index is 0.0258. The van der Waals surface area contributed by atoms with Gasteiger partial charge >= 0.3 is 0 Å². The van der Waals surface area contributed by atoms with Gasteiger partial charge in [0.1, 0.15) is 5.78 Å². The van der Waals surface area contributed by atoms with E-state index in [0.29, 0.717) is 23.5 Å². The minimum Gasteiger partial charge on any atom is -0.299 e. The average Bonchev–Trinajstić information content (AvgIpc) is 2.56. The molecule has 0 amide bonds. The average molecular weight is 198 g/mol. The van der Waals surface area contributed by atoms with Crippen LogP contribution < -0.4 is 0 Å². The smallest absolute Gasteiger partial charge is 0.140 e. The fraction of sp³-hybridized carbons (Fsp3) is 0.909. The molecule has 0 radical (unpaired) electrons. The summed E-state index contributed by atoms with van der Waals surface area (Å²) in [6.45, 7) is 4.50. The predicted molar refractivity (Wildman–Crippen MR) is 57.0 cm³/mol. The number of carbonyl (C=O) groups excluding carboxylic acids is 1. The second-order valence-electron chi connectivity index (χ2n) is 5.01. The Kier molecular flexibility index (Phi) is 2.22. The summed E-state index contributed by atoms with van der Waals surface area (Å²) < 4.78 is 0. The molecule has 2 fully saturated rings. The second kappa shape index (κ2) is 3.01. The van der Waals surface area contributed by atoms with Crippen molar-refractivity contribution in [3.63, 3.8) is 0 Å². The summed E-state index contributed by atoms with van der Waals surface area (Å²) in [4.78, 5) is 11.9. The first kappa shape index (κ1) is 9.57. The van der Waals surface area contributed by atoms with Crippen LogP contribution in [0.1, 0.15) is 33.1 Å². The highest BCUT2D eigenvalue weighted by Crippen LogP contribution is 2.59. The van der Waals surface area contributed by atoms with Crippen LogP contribution in [0.25, 0.3) is 0 Å². The third-order valence-corrected chi connectivity index (χ3v) is 4.67. The molecule has 13 heavy (non-hydrogen) atoms. The van der Waals surface area contributed by atoms with Gasteiger partial charge in [-0.05, 0) is 30.6 Å². The normalized spacial score (nSPS) is 43.5. The van der Waals surface area contributed by atoms with E-state index in [-0.39, 0.29) is 5.41 Å². The summed E-state index contributed by atoms with van der Waals surface area (Å²) in [5, 5.41) is 0. The fourth-order valence-corrected chi connectivity index (χ4v) is 4.24. The summed E-state index contributed by atoms with van der Waals surface area (Å²) in [7, 11) is 0. The van der Waals surface area contributed by atoms with Gasteiger partial charge in [0.15, 0.2) is 0 Å². The highest BCUT2D eigenvalue weighted by Gasteiger charge is 2.58. The number of Topliss-reactive ketones (excluding diaryl/α,β-unsaturated/α-hetero) is 1. The fourth-order valence-electron chi connectivity index (χ4n) is 3.69. The molecule has 0 aromatic heterocycles. The lowest BCUT2D eigenvalue weighted by molar-refractivity contribution is -0.127. The highest BCUT2D eigenvalue weighted by atomic mass is 32.1. The Labute approximate surface area is 85.7 Å². The summed E-state index contributed by atoms with van der Waals surface area (Å²) in [5.74, 6) is 3.21. The van der Waals surface area contributed by atoms with Gasteiger partial charge in [-0.15, -0.1) is 0 Å². The van der Waals surface area contributed by atoms with E-state index in [1.807, 2.05) is 0 Å². The monoisotopic (exact) mass is 198 g/mol. The lowest BCUT2D eigenvalue weighted by atomic mass is 9.75. The molecule has 2 rings (SSSR count). The van der Waals surface area contributed by atoms with E-state index in [0.717, 1.165) is 18.6 Å². The lowest BCUT2D eigenvalue weighted by Crippen LogP contribution is -2.34. The molecule has 74 valence electrons. The van der Waals surface area contributed by atoms with E-state index in [1.165, 1.54) is 6.42 Å². The number of carbonyl (C=O) groups is 1.